The number of nitrogens with zero attached hydrogens (tertiary/aromatic N) is 1. The fourth-order valence-electron chi connectivity index (χ4n) is 4.69. The van der Waals surface area contributed by atoms with Crippen molar-refractivity contribution in [3.05, 3.63) is 77.4 Å². The van der Waals surface area contributed by atoms with Gasteiger partial charge in [-0.25, -0.2) is 4.79 Å². The lowest BCUT2D eigenvalue weighted by Crippen LogP contribution is -2.26. The molecule has 5 nitrogen and oxygen atoms in total. The first-order valence-electron chi connectivity index (χ1n) is 13.6. The SMILES string of the molecule is CCc1cc(C(=O)OOCCCC=O)ccc1-c1cccc(-c2ccc(N(CC)CC)c(C(C)(C)C)c2)c1. The van der Waals surface area contributed by atoms with Crippen LogP contribution in [0.15, 0.2) is 60.7 Å². The van der Waals surface area contributed by atoms with Gasteiger partial charge < -0.3 is 9.69 Å². The van der Waals surface area contributed by atoms with Gasteiger partial charge in [0.1, 0.15) is 6.29 Å². The van der Waals surface area contributed by atoms with Gasteiger partial charge in [-0.05, 0) is 95.8 Å². The molecule has 0 bridgehead atoms. The van der Waals surface area contributed by atoms with Gasteiger partial charge in [0.05, 0.1) is 12.2 Å². The predicted octanol–water partition coefficient (Wildman–Crippen LogP) is 7.79. The van der Waals surface area contributed by atoms with Crippen LogP contribution < -0.4 is 4.90 Å². The number of carbonyl (C=O) groups is 2. The molecular formula is C33H41NO4. The molecule has 0 aliphatic rings. The maximum absolute atomic E-state index is 12.4. The van der Waals surface area contributed by atoms with E-state index in [-0.39, 0.29) is 12.0 Å². The zero-order valence-corrected chi connectivity index (χ0v) is 23.7. The summed E-state index contributed by atoms with van der Waals surface area (Å²) in [5.74, 6) is -0.533. The highest BCUT2D eigenvalue weighted by Crippen LogP contribution is 2.37. The Morgan fingerprint density at radius 3 is 2.26 bits per heavy atom. The van der Waals surface area contributed by atoms with Gasteiger partial charge in [-0.2, -0.15) is 4.89 Å². The number of aldehydes is 1. The molecule has 0 saturated carbocycles. The molecule has 5 heteroatoms. The van der Waals surface area contributed by atoms with Crippen LogP contribution in [0.1, 0.15) is 75.9 Å². The van der Waals surface area contributed by atoms with E-state index in [9.17, 15) is 9.59 Å². The second-order valence-electron chi connectivity index (χ2n) is 10.5. The summed E-state index contributed by atoms with van der Waals surface area (Å²) in [4.78, 5) is 35.1. The molecule has 0 aliphatic carbocycles. The molecule has 0 radical (unpaired) electrons. The Bertz CT molecular complexity index is 1240. The van der Waals surface area contributed by atoms with Gasteiger partial charge in [0.15, 0.2) is 0 Å². The van der Waals surface area contributed by atoms with Gasteiger partial charge in [-0.3, -0.25) is 4.89 Å². The fourth-order valence-corrected chi connectivity index (χ4v) is 4.69. The molecule has 3 rings (SSSR count). The van der Waals surface area contributed by atoms with Gasteiger partial charge in [-0.1, -0.05) is 58.0 Å². The molecule has 0 spiro atoms. The Kier molecular flexibility index (Phi) is 10.3. The Balaban J connectivity index is 1.91. The average molecular weight is 516 g/mol. The molecule has 0 atom stereocenters. The minimum atomic E-state index is -0.533. The smallest absolute Gasteiger partial charge is 0.372 e. The van der Waals surface area contributed by atoms with Crippen molar-refractivity contribution >= 4 is 17.9 Å². The zero-order chi connectivity index (χ0) is 27.7. The third kappa shape index (κ3) is 7.11. The fraction of sp³-hybridized carbons (Fsp3) is 0.394. The Morgan fingerprint density at radius 1 is 0.895 bits per heavy atom. The molecule has 38 heavy (non-hydrogen) atoms. The molecule has 0 saturated heterocycles. The number of hydrogen-bond acceptors (Lipinski definition) is 5. The van der Waals surface area contributed by atoms with Crippen molar-refractivity contribution in [2.75, 3.05) is 24.6 Å². The topological polar surface area (TPSA) is 55.8 Å². The average Bonchev–Trinajstić information content (AvgIpc) is 2.92. The highest BCUT2D eigenvalue weighted by atomic mass is 17.2. The quantitative estimate of drug-likeness (QED) is 0.107. The minimum Gasteiger partial charge on any atom is -0.372 e. The van der Waals surface area contributed by atoms with Crippen molar-refractivity contribution in [1.29, 1.82) is 0 Å². The van der Waals surface area contributed by atoms with Crippen LogP contribution in [0.25, 0.3) is 22.3 Å². The number of carbonyl (C=O) groups excluding carboxylic acids is 2. The summed E-state index contributed by atoms with van der Waals surface area (Å²) in [6, 6.07) is 21.0. The van der Waals surface area contributed by atoms with E-state index in [1.165, 1.54) is 16.8 Å². The Morgan fingerprint density at radius 2 is 1.61 bits per heavy atom. The summed E-state index contributed by atoms with van der Waals surface area (Å²) in [5.41, 5.74) is 8.71. The maximum Gasteiger partial charge on any atom is 0.373 e. The molecule has 0 N–H and O–H groups in total. The molecule has 0 unspecified atom stereocenters. The zero-order valence-electron chi connectivity index (χ0n) is 23.7. The van der Waals surface area contributed by atoms with E-state index in [1.54, 1.807) is 6.07 Å². The molecule has 202 valence electrons. The van der Waals surface area contributed by atoms with E-state index in [2.05, 4.69) is 88.9 Å². The third-order valence-corrected chi connectivity index (χ3v) is 6.82. The van der Waals surface area contributed by atoms with Gasteiger partial charge in [0.2, 0.25) is 0 Å². The van der Waals surface area contributed by atoms with E-state index in [0.29, 0.717) is 18.4 Å². The summed E-state index contributed by atoms with van der Waals surface area (Å²) < 4.78 is 0. The summed E-state index contributed by atoms with van der Waals surface area (Å²) in [6.45, 7) is 15.4. The van der Waals surface area contributed by atoms with Crippen molar-refractivity contribution in [2.45, 2.75) is 66.2 Å². The Labute approximate surface area is 227 Å². The highest BCUT2D eigenvalue weighted by Gasteiger charge is 2.21. The van der Waals surface area contributed by atoms with Crippen LogP contribution >= 0.6 is 0 Å². The van der Waals surface area contributed by atoms with E-state index < -0.39 is 5.97 Å². The standard InChI is InChI=1S/C33H41NO4/c1-7-24-21-28(32(36)38-37-20-11-10-19-35)15-17-29(24)27-14-12-13-25(22-27)26-16-18-31(34(8-2)9-3)30(23-26)33(4,5)6/h12-19,21-23H,7-11,20H2,1-6H3. The van der Waals surface area contributed by atoms with Gasteiger partial charge in [0, 0.05) is 25.2 Å². The maximum atomic E-state index is 12.4. The van der Waals surface area contributed by atoms with E-state index >= 15 is 0 Å². The van der Waals surface area contributed by atoms with Crippen molar-refractivity contribution in [3.8, 4) is 22.3 Å². The monoisotopic (exact) mass is 515 g/mol. The van der Waals surface area contributed by atoms with Crippen LogP contribution in [0.4, 0.5) is 5.69 Å². The molecular weight excluding hydrogens is 474 g/mol. The molecule has 0 fully saturated rings. The van der Waals surface area contributed by atoms with Crippen molar-refractivity contribution in [2.24, 2.45) is 0 Å². The lowest BCUT2D eigenvalue weighted by atomic mass is 9.83. The Hall–Kier alpha value is -3.44. The van der Waals surface area contributed by atoms with E-state index in [0.717, 1.165) is 48.1 Å². The van der Waals surface area contributed by atoms with Gasteiger partial charge >= 0.3 is 5.97 Å². The largest absolute Gasteiger partial charge is 0.373 e. The van der Waals surface area contributed by atoms with Crippen LogP contribution in [0.5, 0.6) is 0 Å². The molecule has 0 amide bonds. The van der Waals surface area contributed by atoms with Crippen molar-refractivity contribution < 1.29 is 19.4 Å². The highest BCUT2D eigenvalue weighted by molar-refractivity contribution is 5.90. The number of aryl methyl sites for hydroxylation is 1. The number of unbranched alkanes of at least 4 members (excludes halogenated alkanes) is 1. The second-order valence-corrected chi connectivity index (χ2v) is 10.5. The van der Waals surface area contributed by atoms with Crippen molar-refractivity contribution in [1.82, 2.24) is 0 Å². The molecule has 0 aromatic heterocycles. The number of anilines is 1. The first-order chi connectivity index (χ1) is 18.2. The predicted molar refractivity (Wildman–Crippen MR) is 156 cm³/mol. The summed E-state index contributed by atoms with van der Waals surface area (Å²) >= 11 is 0. The molecule has 3 aromatic rings. The van der Waals surface area contributed by atoms with Crippen LogP contribution in [0.2, 0.25) is 0 Å². The normalized spacial score (nSPS) is 11.3. The van der Waals surface area contributed by atoms with Crippen LogP contribution in [-0.4, -0.2) is 32.0 Å². The first kappa shape index (κ1) is 29.1. The number of benzene rings is 3. The summed E-state index contributed by atoms with van der Waals surface area (Å²) in [7, 11) is 0. The first-order valence-corrected chi connectivity index (χ1v) is 13.6. The van der Waals surface area contributed by atoms with Gasteiger partial charge in [0.25, 0.3) is 0 Å². The van der Waals surface area contributed by atoms with Gasteiger partial charge in [-0.15, -0.1) is 0 Å². The summed E-state index contributed by atoms with van der Waals surface area (Å²) in [6.07, 6.45) is 2.48. The third-order valence-electron chi connectivity index (χ3n) is 6.82. The minimum absolute atomic E-state index is 0.0174. The number of hydrogen-bond donors (Lipinski definition) is 0. The number of rotatable bonds is 12. The van der Waals surface area contributed by atoms with Crippen molar-refractivity contribution in [3.63, 3.8) is 0 Å². The lowest BCUT2D eigenvalue weighted by Gasteiger charge is -2.30. The molecule has 0 heterocycles. The van der Waals surface area contributed by atoms with E-state index in [4.69, 9.17) is 9.78 Å². The van der Waals surface area contributed by atoms with Crippen LogP contribution in [-0.2, 0) is 26.4 Å². The lowest BCUT2D eigenvalue weighted by molar-refractivity contribution is -0.241. The summed E-state index contributed by atoms with van der Waals surface area (Å²) in [5, 5.41) is 0. The molecule has 0 aliphatic heterocycles. The van der Waals surface area contributed by atoms with Crippen LogP contribution in [0.3, 0.4) is 0 Å². The molecule has 3 aromatic carbocycles. The second kappa shape index (κ2) is 13.4. The van der Waals surface area contributed by atoms with Crippen LogP contribution in [0, 0.1) is 0 Å². The van der Waals surface area contributed by atoms with E-state index in [1.807, 2.05) is 12.1 Å².